The summed E-state index contributed by atoms with van der Waals surface area (Å²) in [6.07, 6.45) is 5.56. The first-order valence-corrected chi connectivity index (χ1v) is 9.12. The summed E-state index contributed by atoms with van der Waals surface area (Å²) in [4.78, 5) is 19.1. The van der Waals surface area contributed by atoms with E-state index in [1.807, 2.05) is 19.2 Å². The molecule has 1 aromatic carbocycles. The largest absolute Gasteiger partial charge is 0.524 e. The van der Waals surface area contributed by atoms with Crippen molar-refractivity contribution in [2.75, 3.05) is 6.26 Å². The van der Waals surface area contributed by atoms with Crippen LogP contribution in [0.4, 0.5) is 0 Å². The molecule has 0 bridgehead atoms. The summed E-state index contributed by atoms with van der Waals surface area (Å²) in [5, 5.41) is 0. The fourth-order valence-corrected chi connectivity index (χ4v) is 3.21. The number of benzene rings is 1. The lowest BCUT2D eigenvalue weighted by molar-refractivity contribution is 0.282. The number of phosphoric ester groups is 1. The molecule has 0 radical (unpaired) electrons. The van der Waals surface area contributed by atoms with E-state index in [4.69, 9.17) is 14.3 Å². The highest BCUT2D eigenvalue weighted by atomic mass is 32.2. The van der Waals surface area contributed by atoms with E-state index in [0.29, 0.717) is 5.75 Å². The number of phosphoric acid groups is 1. The van der Waals surface area contributed by atoms with Crippen LogP contribution in [-0.4, -0.2) is 16.0 Å². The Labute approximate surface area is 118 Å². The molecule has 0 fully saturated rings. The molecule has 0 aromatic heterocycles. The van der Waals surface area contributed by atoms with Crippen LogP contribution in [0.3, 0.4) is 0 Å². The SMILES string of the molecule is CCCc1c(OP(=O)(O)O)ccc(SC)c1CCC. The van der Waals surface area contributed by atoms with Crippen molar-refractivity contribution in [3.63, 3.8) is 0 Å². The average Bonchev–Trinajstić information content (AvgIpc) is 2.32. The second kappa shape index (κ2) is 7.34. The van der Waals surface area contributed by atoms with Gasteiger partial charge in [0, 0.05) is 4.90 Å². The summed E-state index contributed by atoms with van der Waals surface area (Å²) < 4.78 is 15.9. The molecule has 108 valence electrons. The highest BCUT2D eigenvalue weighted by Gasteiger charge is 2.21. The van der Waals surface area contributed by atoms with Crippen LogP contribution in [-0.2, 0) is 17.4 Å². The second-order valence-electron chi connectivity index (χ2n) is 4.30. The Kier molecular flexibility index (Phi) is 6.40. The summed E-state index contributed by atoms with van der Waals surface area (Å²) in [6.45, 7) is 4.14. The third kappa shape index (κ3) is 4.84. The summed E-state index contributed by atoms with van der Waals surface area (Å²) in [5.74, 6) is 0.316. The molecule has 0 aliphatic carbocycles. The van der Waals surface area contributed by atoms with Crippen LogP contribution in [0.2, 0.25) is 0 Å². The van der Waals surface area contributed by atoms with Crippen molar-refractivity contribution >= 4 is 19.6 Å². The molecule has 19 heavy (non-hydrogen) atoms. The molecule has 4 nitrogen and oxygen atoms in total. The zero-order valence-electron chi connectivity index (χ0n) is 11.5. The van der Waals surface area contributed by atoms with Gasteiger partial charge in [0.25, 0.3) is 0 Å². The van der Waals surface area contributed by atoms with Crippen molar-refractivity contribution < 1.29 is 18.9 Å². The zero-order valence-corrected chi connectivity index (χ0v) is 13.3. The molecule has 0 heterocycles. The van der Waals surface area contributed by atoms with Crippen molar-refractivity contribution in [2.24, 2.45) is 0 Å². The highest BCUT2D eigenvalue weighted by molar-refractivity contribution is 7.98. The van der Waals surface area contributed by atoms with Crippen LogP contribution in [0.5, 0.6) is 5.75 Å². The molecule has 1 rings (SSSR count). The van der Waals surface area contributed by atoms with Gasteiger partial charge < -0.3 is 4.52 Å². The summed E-state index contributed by atoms with van der Waals surface area (Å²) >= 11 is 1.65. The van der Waals surface area contributed by atoms with E-state index in [0.717, 1.165) is 41.7 Å². The molecule has 1 aromatic rings. The van der Waals surface area contributed by atoms with E-state index in [2.05, 4.69) is 6.92 Å². The third-order valence-corrected chi connectivity index (χ3v) is 4.04. The van der Waals surface area contributed by atoms with Crippen LogP contribution < -0.4 is 4.52 Å². The number of thioether (sulfide) groups is 1. The quantitative estimate of drug-likeness (QED) is 0.592. The Morgan fingerprint density at radius 2 is 1.74 bits per heavy atom. The first-order valence-electron chi connectivity index (χ1n) is 6.36. The molecule has 0 amide bonds. The van der Waals surface area contributed by atoms with Gasteiger partial charge in [0.05, 0.1) is 0 Å². The molecular weight excluding hydrogens is 283 g/mol. The lowest BCUT2D eigenvalue weighted by Crippen LogP contribution is -2.02. The van der Waals surface area contributed by atoms with Crippen molar-refractivity contribution in [3.05, 3.63) is 23.3 Å². The summed E-state index contributed by atoms with van der Waals surface area (Å²) in [6, 6.07) is 3.54. The fourth-order valence-electron chi connectivity index (χ4n) is 2.10. The molecule has 0 atom stereocenters. The van der Waals surface area contributed by atoms with Gasteiger partial charge in [-0.1, -0.05) is 26.7 Å². The predicted octanol–water partition coefficient (Wildman–Crippen LogP) is 3.79. The smallest absolute Gasteiger partial charge is 0.404 e. The van der Waals surface area contributed by atoms with Gasteiger partial charge in [-0.25, -0.2) is 4.57 Å². The van der Waals surface area contributed by atoms with Crippen LogP contribution in [0.15, 0.2) is 17.0 Å². The van der Waals surface area contributed by atoms with Crippen molar-refractivity contribution in [1.29, 1.82) is 0 Å². The topological polar surface area (TPSA) is 66.8 Å². The first-order chi connectivity index (χ1) is 8.92. The normalized spacial score (nSPS) is 11.6. The molecule has 0 saturated carbocycles. The molecule has 2 N–H and O–H groups in total. The van der Waals surface area contributed by atoms with Gasteiger partial charge in [0.15, 0.2) is 0 Å². The Bertz CT molecular complexity index is 470. The van der Waals surface area contributed by atoms with Crippen molar-refractivity contribution in [3.8, 4) is 5.75 Å². The van der Waals surface area contributed by atoms with Crippen molar-refractivity contribution in [1.82, 2.24) is 0 Å². The van der Waals surface area contributed by atoms with E-state index in [1.165, 1.54) is 0 Å². The molecule has 0 aliphatic rings. The van der Waals surface area contributed by atoms with Crippen LogP contribution in [0, 0.1) is 0 Å². The maximum atomic E-state index is 11.0. The van der Waals surface area contributed by atoms with Gasteiger partial charge in [-0.05, 0) is 42.4 Å². The Morgan fingerprint density at radius 3 is 2.21 bits per heavy atom. The Balaban J connectivity index is 3.30. The predicted molar refractivity (Wildman–Crippen MR) is 78.9 cm³/mol. The Hall–Kier alpha value is -0.480. The van der Waals surface area contributed by atoms with Crippen LogP contribution in [0.25, 0.3) is 0 Å². The average molecular weight is 304 g/mol. The van der Waals surface area contributed by atoms with Crippen LogP contribution >= 0.6 is 19.6 Å². The minimum absolute atomic E-state index is 0.316. The number of hydrogen-bond acceptors (Lipinski definition) is 3. The minimum Gasteiger partial charge on any atom is -0.404 e. The lowest BCUT2D eigenvalue weighted by Gasteiger charge is -2.18. The maximum Gasteiger partial charge on any atom is 0.524 e. The van der Waals surface area contributed by atoms with E-state index >= 15 is 0 Å². The van der Waals surface area contributed by atoms with Gasteiger partial charge >= 0.3 is 7.82 Å². The molecule has 0 aliphatic heterocycles. The summed E-state index contributed by atoms with van der Waals surface area (Å²) in [7, 11) is -4.51. The lowest BCUT2D eigenvalue weighted by atomic mass is 9.98. The van der Waals surface area contributed by atoms with Gasteiger partial charge in [-0.2, -0.15) is 0 Å². The van der Waals surface area contributed by atoms with Gasteiger partial charge in [0.1, 0.15) is 5.75 Å². The third-order valence-electron chi connectivity index (χ3n) is 2.78. The monoisotopic (exact) mass is 304 g/mol. The second-order valence-corrected chi connectivity index (χ2v) is 6.32. The first kappa shape index (κ1) is 16.6. The molecule has 0 spiro atoms. The molecular formula is C13H21O4PS. The van der Waals surface area contributed by atoms with Gasteiger partial charge in [0.2, 0.25) is 0 Å². The fraction of sp³-hybridized carbons (Fsp3) is 0.538. The van der Waals surface area contributed by atoms with Gasteiger partial charge in [-0.15, -0.1) is 11.8 Å². The van der Waals surface area contributed by atoms with Crippen LogP contribution in [0.1, 0.15) is 37.8 Å². The maximum absolute atomic E-state index is 11.0. The number of rotatable bonds is 7. The zero-order chi connectivity index (χ0) is 14.5. The van der Waals surface area contributed by atoms with E-state index < -0.39 is 7.82 Å². The standard InChI is InChI=1S/C13H21O4PS/c1-4-6-10-11(7-5-2)13(19-3)9-8-12(10)17-18(14,15)16/h8-9H,4-7H2,1-3H3,(H2,14,15,16). The molecule has 6 heteroatoms. The number of hydrogen-bond donors (Lipinski definition) is 2. The van der Waals surface area contributed by atoms with E-state index in [-0.39, 0.29) is 0 Å². The van der Waals surface area contributed by atoms with E-state index in [9.17, 15) is 4.57 Å². The Morgan fingerprint density at radius 1 is 1.16 bits per heavy atom. The van der Waals surface area contributed by atoms with Crippen molar-refractivity contribution in [2.45, 2.75) is 44.4 Å². The minimum atomic E-state index is -4.51. The summed E-state index contributed by atoms with van der Waals surface area (Å²) in [5.41, 5.74) is 2.09. The van der Waals surface area contributed by atoms with Gasteiger partial charge in [-0.3, -0.25) is 9.79 Å². The molecule has 0 saturated heterocycles. The molecule has 0 unspecified atom stereocenters. The van der Waals surface area contributed by atoms with E-state index in [1.54, 1.807) is 17.8 Å². The highest BCUT2D eigenvalue weighted by Crippen LogP contribution is 2.42.